The van der Waals surface area contributed by atoms with Crippen LogP contribution in [0.5, 0.6) is 5.75 Å². The molecule has 0 fully saturated rings. The average molecular weight is 347 g/mol. The van der Waals surface area contributed by atoms with Gasteiger partial charge in [-0.2, -0.15) is 0 Å². The van der Waals surface area contributed by atoms with Crippen molar-refractivity contribution in [3.63, 3.8) is 0 Å². The molecule has 0 aliphatic carbocycles. The summed E-state index contributed by atoms with van der Waals surface area (Å²) in [5.74, 6) is 0.263. The van der Waals surface area contributed by atoms with Crippen LogP contribution in [0.3, 0.4) is 0 Å². The summed E-state index contributed by atoms with van der Waals surface area (Å²) < 4.78 is 0. The number of hydrogen-bond acceptors (Lipinski definition) is 2. The standard InChI is InChI=1S/C23H38O2/c1-2-3-4-5-6-7-8-9-10-11-12-13-14-16-21-17-15-18-23(25)22(21)19-20-24/h15,17-18,20,25H,2-14,16,19H2,1H3. The highest BCUT2D eigenvalue weighted by molar-refractivity contribution is 5.59. The number of phenolic OH excluding ortho intramolecular Hbond substituents is 1. The van der Waals surface area contributed by atoms with E-state index in [-0.39, 0.29) is 5.75 Å². The lowest BCUT2D eigenvalue weighted by Gasteiger charge is -2.09. The van der Waals surface area contributed by atoms with Crippen LogP contribution >= 0.6 is 0 Å². The Balaban J connectivity index is 1.99. The van der Waals surface area contributed by atoms with E-state index in [4.69, 9.17) is 0 Å². The topological polar surface area (TPSA) is 37.3 Å². The monoisotopic (exact) mass is 346 g/mol. The Bertz CT molecular complexity index is 453. The van der Waals surface area contributed by atoms with E-state index in [2.05, 4.69) is 6.92 Å². The van der Waals surface area contributed by atoms with Gasteiger partial charge in [0.25, 0.3) is 0 Å². The predicted octanol–water partition coefficient (Wildman–Crippen LogP) is 6.77. The maximum absolute atomic E-state index is 10.8. The maximum atomic E-state index is 10.8. The summed E-state index contributed by atoms with van der Waals surface area (Å²) in [4.78, 5) is 10.8. The zero-order valence-electron chi connectivity index (χ0n) is 16.3. The number of aromatic hydroxyl groups is 1. The van der Waals surface area contributed by atoms with Crippen molar-refractivity contribution in [3.8, 4) is 5.75 Å². The molecule has 0 aliphatic rings. The Morgan fingerprint density at radius 2 is 1.32 bits per heavy atom. The van der Waals surface area contributed by atoms with Gasteiger partial charge in [-0.05, 0) is 24.5 Å². The molecule has 25 heavy (non-hydrogen) atoms. The number of carbonyl (C=O) groups excluding carboxylic acids is 1. The second-order valence-electron chi connectivity index (χ2n) is 7.28. The van der Waals surface area contributed by atoms with Crippen molar-refractivity contribution >= 4 is 6.29 Å². The molecule has 0 saturated carbocycles. The van der Waals surface area contributed by atoms with Gasteiger partial charge in [-0.1, -0.05) is 96.1 Å². The number of carbonyl (C=O) groups is 1. The zero-order valence-corrected chi connectivity index (χ0v) is 16.3. The van der Waals surface area contributed by atoms with Gasteiger partial charge in [-0.15, -0.1) is 0 Å². The number of benzene rings is 1. The first-order valence-electron chi connectivity index (χ1n) is 10.5. The quantitative estimate of drug-likeness (QED) is 0.265. The van der Waals surface area contributed by atoms with E-state index in [0.717, 1.165) is 30.3 Å². The zero-order chi connectivity index (χ0) is 18.2. The molecule has 0 radical (unpaired) electrons. The fraction of sp³-hybridized carbons (Fsp3) is 0.696. The SMILES string of the molecule is CCCCCCCCCCCCCCCc1cccc(O)c1CC=O. The smallest absolute Gasteiger partial charge is 0.124 e. The largest absolute Gasteiger partial charge is 0.508 e. The van der Waals surface area contributed by atoms with Crippen LogP contribution in [0.2, 0.25) is 0 Å². The van der Waals surface area contributed by atoms with Gasteiger partial charge < -0.3 is 9.90 Å². The lowest BCUT2D eigenvalue weighted by molar-refractivity contribution is -0.107. The molecule has 0 heterocycles. The minimum absolute atomic E-state index is 0.263. The molecular formula is C23H38O2. The Kier molecular flexibility index (Phi) is 13.0. The number of aryl methyl sites for hydroxylation is 1. The molecule has 1 aromatic carbocycles. The Hall–Kier alpha value is -1.31. The molecule has 1 aromatic rings. The molecule has 142 valence electrons. The molecule has 1 rings (SSSR count). The highest BCUT2D eigenvalue weighted by Crippen LogP contribution is 2.23. The lowest BCUT2D eigenvalue weighted by atomic mass is 9.98. The van der Waals surface area contributed by atoms with Crippen LogP contribution in [0.1, 0.15) is 102 Å². The molecule has 0 bridgehead atoms. The van der Waals surface area contributed by atoms with Gasteiger partial charge >= 0.3 is 0 Å². The van der Waals surface area contributed by atoms with Crippen LogP contribution in [0.25, 0.3) is 0 Å². The fourth-order valence-electron chi connectivity index (χ4n) is 3.51. The van der Waals surface area contributed by atoms with E-state index in [1.165, 1.54) is 77.0 Å². The second kappa shape index (κ2) is 15.0. The van der Waals surface area contributed by atoms with Crippen molar-refractivity contribution in [3.05, 3.63) is 29.3 Å². The van der Waals surface area contributed by atoms with Gasteiger partial charge in [0.05, 0.1) is 0 Å². The first kappa shape index (κ1) is 21.7. The van der Waals surface area contributed by atoms with E-state index in [0.29, 0.717) is 6.42 Å². The number of phenols is 1. The van der Waals surface area contributed by atoms with Gasteiger partial charge in [-0.3, -0.25) is 0 Å². The van der Waals surface area contributed by atoms with Gasteiger partial charge in [0.1, 0.15) is 12.0 Å². The first-order chi connectivity index (χ1) is 12.3. The summed E-state index contributed by atoms with van der Waals surface area (Å²) in [6.07, 6.45) is 19.8. The van der Waals surface area contributed by atoms with Crippen LogP contribution in [0, 0.1) is 0 Å². The Morgan fingerprint density at radius 3 is 1.84 bits per heavy atom. The van der Waals surface area contributed by atoms with Crippen molar-refractivity contribution in [2.75, 3.05) is 0 Å². The lowest BCUT2D eigenvalue weighted by Crippen LogP contribution is -1.96. The normalized spacial score (nSPS) is 10.9. The molecule has 0 aromatic heterocycles. The van der Waals surface area contributed by atoms with Crippen LogP contribution in [-0.4, -0.2) is 11.4 Å². The number of hydrogen-bond donors (Lipinski definition) is 1. The first-order valence-corrected chi connectivity index (χ1v) is 10.5. The summed E-state index contributed by atoms with van der Waals surface area (Å²) in [6.45, 7) is 2.27. The Morgan fingerprint density at radius 1 is 0.800 bits per heavy atom. The van der Waals surface area contributed by atoms with E-state index < -0.39 is 0 Å². The molecule has 0 aliphatic heterocycles. The number of unbranched alkanes of at least 4 members (excludes halogenated alkanes) is 12. The third-order valence-electron chi connectivity index (χ3n) is 5.09. The second-order valence-corrected chi connectivity index (χ2v) is 7.28. The molecule has 0 amide bonds. The van der Waals surface area contributed by atoms with E-state index >= 15 is 0 Å². The van der Waals surface area contributed by atoms with Crippen LogP contribution in [-0.2, 0) is 17.6 Å². The van der Waals surface area contributed by atoms with E-state index in [1.54, 1.807) is 6.07 Å². The summed E-state index contributed by atoms with van der Waals surface area (Å²) in [7, 11) is 0. The van der Waals surface area contributed by atoms with Crippen LogP contribution < -0.4 is 0 Å². The third kappa shape index (κ3) is 10.3. The number of rotatable bonds is 16. The molecule has 0 atom stereocenters. The van der Waals surface area contributed by atoms with Crippen molar-refractivity contribution in [2.45, 2.75) is 103 Å². The highest BCUT2D eigenvalue weighted by atomic mass is 16.3. The van der Waals surface area contributed by atoms with E-state index in [9.17, 15) is 9.90 Å². The molecule has 2 nitrogen and oxygen atoms in total. The van der Waals surface area contributed by atoms with Crippen molar-refractivity contribution < 1.29 is 9.90 Å². The maximum Gasteiger partial charge on any atom is 0.124 e. The van der Waals surface area contributed by atoms with Gasteiger partial charge in [0.2, 0.25) is 0 Å². The van der Waals surface area contributed by atoms with Gasteiger partial charge in [0, 0.05) is 12.0 Å². The van der Waals surface area contributed by atoms with Gasteiger partial charge in [0.15, 0.2) is 0 Å². The van der Waals surface area contributed by atoms with Crippen LogP contribution in [0.15, 0.2) is 18.2 Å². The molecule has 0 unspecified atom stereocenters. The summed E-state index contributed by atoms with van der Waals surface area (Å²) >= 11 is 0. The molecule has 2 heteroatoms. The molecule has 1 N–H and O–H groups in total. The Labute approximate surface area is 155 Å². The predicted molar refractivity (Wildman–Crippen MR) is 107 cm³/mol. The number of aldehydes is 1. The van der Waals surface area contributed by atoms with Crippen LogP contribution in [0.4, 0.5) is 0 Å². The van der Waals surface area contributed by atoms with Gasteiger partial charge in [-0.25, -0.2) is 0 Å². The van der Waals surface area contributed by atoms with Crippen molar-refractivity contribution in [1.29, 1.82) is 0 Å². The van der Waals surface area contributed by atoms with E-state index in [1.807, 2.05) is 12.1 Å². The highest BCUT2D eigenvalue weighted by Gasteiger charge is 2.06. The molecular weight excluding hydrogens is 308 g/mol. The van der Waals surface area contributed by atoms with Crippen molar-refractivity contribution in [1.82, 2.24) is 0 Å². The van der Waals surface area contributed by atoms with Crippen molar-refractivity contribution in [2.24, 2.45) is 0 Å². The third-order valence-corrected chi connectivity index (χ3v) is 5.09. The fourth-order valence-corrected chi connectivity index (χ4v) is 3.51. The summed E-state index contributed by atoms with van der Waals surface area (Å²) in [6, 6.07) is 5.59. The minimum Gasteiger partial charge on any atom is -0.508 e. The minimum atomic E-state index is 0.263. The summed E-state index contributed by atoms with van der Waals surface area (Å²) in [5, 5.41) is 9.87. The summed E-state index contributed by atoms with van der Waals surface area (Å²) in [5.41, 5.74) is 1.95. The molecule has 0 spiro atoms. The average Bonchev–Trinajstić information content (AvgIpc) is 2.61. The molecule has 0 saturated heterocycles.